The van der Waals surface area contributed by atoms with E-state index in [2.05, 4.69) is 15.3 Å². The van der Waals surface area contributed by atoms with Crippen LogP contribution < -0.4 is 10.1 Å². The summed E-state index contributed by atoms with van der Waals surface area (Å²) in [5.74, 6) is -0.0675. The first-order valence-corrected chi connectivity index (χ1v) is 12.3. The summed E-state index contributed by atoms with van der Waals surface area (Å²) in [5.41, 5.74) is 3.68. The largest absolute Gasteiger partial charge is 0.493 e. The molecule has 9 heteroatoms. The molecule has 0 spiro atoms. The summed E-state index contributed by atoms with van der Waals surface area (Å²) in [7, 11) is -4.53. The maximum atomic E-state index is 12.4. The van der Waals surface area contributed by atoms with Gasteiger partial charge in [0.15, 0.2) is 5.78 Å². The molecule has 1 atom stereocenters. The Balaban J connectivity index is 1.54. The fraction of sp³-hybridized carbons (Fsp3) is 0.182. The van der Waals surface area contributed by atoms with E-state index in [9.17, 15) is 14.4 Å². The second kappa shape index (κ2) is 7.73. The van der Waals surface area contributed by atoms with Crippen molar-refractivity contribution < 1.29 is 19.1 Å². The SMILES string of the molecule is Cc1ccc(-c2cc3c(N[C@@H](c4ccc5c(c4)CCO5)P(=O)(O)O)ncnc3s2)cc1. The quantitative estimate of drug-likeness (QED) is 0.370. The minimum absolute atomic E-state index is 0.393. The van der Waals surface area contributed by atoms with Gasteiger partial charge >= 0.3 is 7.60 Å². The number of fused-ring (bicyclic) bond motifs is 2. The summed E-state index contributed by atoms with van der Waals surface area (Å²) >= 11 is 1.52. The molecule has 0 saturated carbocycles. The molecule has 1 aliphatic rings. The Bertz CT molecular complexity index is 1320. The van der Waals surface area contributed by atoms with Crippen molar-refractivity contribution in [3.8, 4) is 16.2 Å². The number of hydrogen-bond donors (Lipinski definition) is 3. The highest BCUT2D eigenvalue weighted by Crippen LogP contribution is 2.52. The van der Waals surface area contributed by atoms with Crippen molar-refractivity contribution in [1.29, 1.82) is 0 Å². The molecule has 1 aliphatic heterocycles. The van der Waals surface area contributed by atoms with Gasteiger partial charge in [0.05, 0.1) is 12.0 Å². The first-order valence-electron chi connectivity index (χ1n) is 9.77. The predicted molar refractivity (Wildman–Crippen MR) is 122 cm³/mol. The Kier molecular flexibility index (Phi) is 5.02. The summed E-state index contributed by atoms with van der Waals surface area (Å²) in [6.45, 7) is 2.62. The van der Waals surface area contributed by atoms with Crippen molar-refractivity contribution in [3.63, 3.8) is 0 Å². The third-order valence-electron chi connectivity index (χ3n) is 5.30. The van der Waals surface area contributed by atoms with Gasteiger partial charge in [0.1, 0.15) is 22.7 Å². The van der Waals surface area contributed by atoms with E-state index in [1.807, 2.05) is 37.3 Å². The number of thiophene rings is 1. The molecule has 4 aromatic rings. The molecule has 7 nitrogen and oxygen atoms in total. The predicted octanol–water partition coefficient (Wildman–Crippen LogP) is 4.89. The van der Waals surface area contributed by atoms with Gasteiger partial charge in [-0.1, -0.05) is 35.9 Å². The van der Waals surface area contributed by atoms with Crippen LogP contribution in [0.1, 0.15) is 22.5 Å². The Hall–Kier alpha value is -2.77. The smallest absolute Gasteiger partial charge is 0.352 e. The zero-order chi connectivity index (χ0) is 21.6. The summed E-state index contributed by atoms with van der Waals surface area (Å²) in [4.78, 5) is 30.6. The monoisotopic (exact) mass is 453 g/mol. The molecule has 2 aromatic carbocycles. The molecule has 158 valence electrons. The van der Waals surface area contributed by atoms with Crippen molar-refractivity contribution in [1.82, 2.24) is 9.97 Å². The molecule has 0 bridgehead atoms. The van der Waals surface area contributed by atoms with Gasteiger partial charge < -0.3 is 19.8 Å². The van der Waals surface area contributed by atoms with E-state index in [4.69, 9.17) is 4.74 Å². The number of rotatable bonds is 5. The van der Waals surface area contributed by atoms with E-state index < -0.39 is 13.4 Å². The molecule has 31 heavy (non-hydrogen) atoms. The van der Waals surface area contributed by atoms with E-state index in [-0.39, 0.29) is 0 Å². The van der Waals surface area contributed by atoms with Crippen LogP contribution in [0.25, 0.3) is 20.7 Å². The number of benzene rings is 2. The number of nitrogens with one attached hydrogen (secondary N) is 1. The third-order valence-corrected chi connectivity index (χ3v) is 7.50. The number of hydrogen-bond acceptors (Lipinski definition) is 6. The van der Waals surface area contributed by atoms with Crippen LogP contribution in [-0.2, 0) is 11.0 Å². The van der Waals surface area contributed by atoms with Gasteiger partial charge in [-0.2, -0.15) is 0 Å². The first-order chi connectivity index (χ1) is 14.9. The average Bonchev–Trinajstić information content (AvgIpc) is 3.38. The first kappa shape index (κ1) is 20.2. The Morgan fingerprint density at radius 2 is 1.94 bits per heavy atom. The number of aryl methyl sites for hydroxylation is 1. The van der Waals surface area contributed by atoms with E-state index >= 15 is 0 Å². The van der Waals surface area contributed by atoms with Crippen LogP contribution in [0, 0.1) is 6.92 Å². The van der Waals surface area contributed by atoms with Gasteiger partial charge in [-0.3, -0.25) is 4.57 Å². The Morgan fingerprint density at radius 3 is 2.71 bits per heavy atom. The molecule has 0 fully saturated rings. The standard InChI is InChI=1S/C22H20N3O4PS/c1-13-2-4-14(5-3-13)19-11-17-20(23-12-24-22(17)31-19)25-21(30(26,27)28)16-6-7-18-15(10-16)8-9-29-18/h2-7,10-12,21H,8-9H2,1H3,(H,23,24,25)(H2,26,27,28)/t21-/m1/s1. The molecule has 0 amide bonds. The van der Waals surface area contributed by atoms with Gasteiger partial charge in [0, 0.05) is 11.3 Å². The zero-order valence-corrected chi connectivity index (χ0v) is 18.4. The third kappa shape index (κ3) is 3.95. The lowest BCUT2D eigenvalue weighted by Gasteiger charge is -2.21. The summed E-state index contributed by atoms with van der Waals surface area (Å²) in [5, 5.41) is 3.72. The van der Waals surface area contributed by atoms with Crippen LogP contribution in [-0.4, -0.2) is 26.4 Å². The van der Waals surface area contributed by atoms with Gasteiger partial charge in [0.25, 0.3) is 0 Å². The van der Waals surface area contributed by atoms with Crippen LogP contribution >= 0.6 is 18.9 Å². The molecular weight excluding hydrogens is 433 g/mol. The van der Waals surface area contributed by atoms with Crippen LogP contribution in [0.2, 0.25) is 0 Å². The Morgan fingerprint density at radius 1 is 1.13 bits per heavy atom. The molecule has 2 aromatic heterocycles. The van der Waals surface area contributed by atoms with Crippen LogP contribution in [0.5, 0.6) is 5.75 Å². The normalized spacial score (nSPS) is 14.3. The van der Waals surface area contributed by atoms with Crippen molar-refractivity contribution >= 4 is 35.0 Å². The average molecular weight is 453 g/mol. The molecule has 0 saturated heterocycles. The topological polar surface area (TPSA) is 105 Å². The molecular formula is C22H20N3O4PS. The number of ether oxygens (including phenoxy) is 1. The lowest BCUT2D eigenvalue weighted by molar-refractivity contribution is 0.356. The van der Waals surface area contributed by atoms with Crippen LogP contribution in [0.4, 0.5) is 5.82 Å². The fourth-order valence-corrected chi connectivity index (χ4v) is 5.54. The van der Waals surface area contributed by atoms with Crippen molar-refractivity contribution in [2.45, 2.75) is 19.1 Å². The van der Waals surface area contributed by atoms with Crippen molar-refractivity contribution in [3.05, 3.63) is 71.5 Å². The summed E-state index contributed by atoms with van der Waals surface area (Å²) < 4.78 is 17.9. The van der Waals surface area contributed by atoms with Crippen LogP contribution in [0.15, 0.2) is 54.9 Å². The summed E-state index contributed by atoms with van der Waals surface area (Å²) in [6, 6.07) is 15.4. The zero-order valence-electron chi connectivity index (χ0n) is 16.6. The lowest BCUT2D eigenvalue weighted by atomic mass is 10.1. The second-order valence-corrected chi connectivity index (χ2v) is 10.2. The van der Waals surface area contributed by atoms with Gasteiger partial charge in [-0.25, -0.2) is 9.97 Å². The van der Waals surface area contributed by atoms with E-state index in [0.29, 0.717) is 18.0 Å². The number of nitrogens with zero attached hydrogens (tertiary/aromatic N) is 2. The van der Waals surface area contributed by atoms with Gasteiger partial charge in [-0.15, -0.1) is 11.3 Å². The molecule has 0 aliphatic carbocycles. The Labute approximate surface area is 182 Å². The molecule has 3 N–H and O–H groups in total. The molecule has 0 unspecified atom stereocenters. The van der Waals surface area contributed by atoms with E-state index in [0.717, 1.165) is 38.4 Å². The molecule has 0 radical (unpaired) electrons. The molecule has 3 heterocycles. The van der Waals surface area contributed by atoms with Crippen molar-refractivity contribution in [2.24, 2.45) is 0 Å². The maximum absolute atomic E-state index is 12.4. The minimum atomic E-state index is -4.53. The number of aromatic nitrogens is 2. The highest BCUT2D eigenvalue weighted by atomic mass is 32.1. The van der Waals surface area contributed by atoms with E-state index in [1.165, 1.54) is 23.2 Å². The summed E-state index contributed by atoms with van der Waals surface area (Å²) in [6.07, 6.45) is 2.13. The fourth-order valence-electron chi connectivity index (χ4n) is 3.70. The van der Waals surface area contributed by atoms with Crippen LogP contribution in [0.3, 0.4) is 0 Å². The van der Waals surface area contributed by atoms with Crippen molar-refractivity contribution in [2.75, 3.05) is 11.9 Å². The highest BCUT2D eigenvalue weighted by Gasteiger charge is 2.32. The van der Waals surface area contributed by atoms with Gasteiger partial charge in [0.2, 0.25) is 0 Å². The molecule has 5 rings (SSSR count). The minimum Gasteiger partial charge on any atom is -0.493 e. The second-order valence-electron chi connectivity index (χ2n) is 7.52. The van der Waals surface area contributed by atoms with Gasteiger partial charge in [-0.05, 0) is 41.8 Å². The maximum Gasteiger partial charge on any atom is 0.352 e. The highest BCUT2D eigenvalue weighted by molar-refractivity contribution is 7.52. The lowest BCUT2D eigenvalue weighted by Crippen LogP contribution is -2.13. The van der Waals surface area contributed by atoms with E-state index in [1.54, 1.807) is 18.2 Å². The number of anilines is 1.